The van der Waals surface area contributed by atoms with Crippen molar-refractivity contribution < 1.29 is 14.6 Å². The van der Waals surface area contributed by atoms with Gasteiger partial charge in [0.1, 0.15) is 5.75 Å². The van der Waals surface area contributed by atoms with Gasteiger partial charge >= 0.3 is 0 Å². The number of aromatic nitrogens is 2. The van der Waals surface area contributed by atoms with Crippen molar-refractivity contribution in [3.63, 3.8) is 0 Å². The second kappa shape index (κ2) is 6.46. The number of aliphatic hydroxyl groups is 1. The van der Waals surface area contributed by atoms with Crippen molar-refractivity contribution in [3.8, 4) is 5.75 Å². The number of H-pyrrole nitrogens is 1. The summed E-state index contributed by atoms with van der Waals surface area (Å²) >= 11 is 0. The van der Waals surface area contributed by atoms with E-state index < -0.39 is 0 Å². The molecule has 0 unspecified atom stereocenters. The lowest BCUT2D eigenvalue weighted by Gasteiger charge is -2.00. The normalized spacial score (nSPS) is 11.2. The van der Waals surface area contributed by atoms with E-state index in [1.807, 2.05) is 18.2 Å². The number of benzene rings is 1. The number of pyridine rings is 1. The fourth-order valence-corrected chi connectivity index (χ4v) is 2.46. The third-order valence-electron chi connectivity index (χ3n) is 3.65. The molecule has 0 spiro atoms. The first-order valence-corrected chi connectivity index (χ1v) is 7.15. The molecule has 116 valence electrons. The molecular weight excluding hydrogens is 292 g/mol. The molecule has 0 amide bonds. The van der Waals surface area contributed by atoms with Crippen LogP contribution >= 0.6 is 0 Å². The first-order chi connectivity index (χ1) is 11.2. The summed E-state index contributed by atoms with van der Waals surface area (Å²) in [7, 11) is 1.60. The topological polar surface area (TPSA) is 75.2 Å². The van der Waals surface area contributed by atoms with E-state index in [1.54, 1.807) is 37.7 Å². The highest BCUT2D eigenvalue weighted by Crippen LogP contribution is 2.28. The maximum atomic E-state index is 12.2. The van der Waals surface area contributed by atoms with Gasteiger partial charge < -0.3 is 14.8 Å². The van der Waals surface area contributed by atoms with Gasteiger partial charge in [-0.1, -0.05) is 0 Å². The minimum atomic E-state index is -0.139. The summed E-state index contributed by atoms with van der Waals surface area (Å²) in [5.41, 5.74) is 2.89. The standard InChI is InChI=1S/C18H16N2O3/c1-23-13-2-4-16-15(10-13)14(17(11-21)20-16)3-5-18(22)12-6-8-19-9-7-12/h2-10,20-21H,11H2,1H3. The summed E-state index contributed by atoms with van der Waals surface area (Å²) < 4.78 is 5.24. The van der Waals surface area contributed by atoms with Crippen LogP contribution in [-0.2, 0) is 6.61 Å². The van der Waals surface area contributed by atoms with Crippen LogP contribution in [0.3, 0.4) is 0 Å². The Balaban J connectivity index is 2.01. The molecule has 0 atom stereocenters. The number of aliphatic hydroxyl groups excluding tert-OH is 1. The molecule has 1 aromatic carbocycles. The molecule has 0 aliphatic carbocycles. The molecule has 3 aromatic rings. The van der Waals surface area contributed by atoms with Crippen LogP contribution in [0.5, 0.6) is 5.75 Å². The van der Waals surface area contributed by atoms with Crippen LogP contribution in [0.2, 0.25) is 0 Å². The summed E-state index contributed by atoms with van der Waals surface area (Å²) in [4.78, 5) is 19.2. The molecule has 3 rings (SSSR count). The summed E-state index contributed by atoms with van der Waals surface area (Å²) in [6, 6.07) is 8.93. The summed E-state index contributed by atoms with van der Waals surface area (Å²) in [6.07, 6.45) is 6.37. The quantitative estimate of drug-likeness (QED) is 0.561. The molecule has 0 saturated carbocycles. The Morgan fingerprint density at radius 3 is 2.78 bits per heavy atom. The first kappa shape index (κ1) is 15.0. The Kier molecular flexibility index (Phi) is 4.21. The zero-order valence-corrected chi connectivity index (χ0v) is 12.6. The van der Waals surface area contributed by atoms with E-state index in [2.05, 4.69) is 9.97 Å². The fraction of sp³-hybridized carbons (Fsp3) is 0.111. The minimum Gasteiger partial charge on any atom is -0.497 e. The number of carbonyl (C=O) groups is 1. The van der Waals surface area contributed by atoms with E-state index in [1.165, 1.54) is 6.08 Å². The number of nitrogens with zero attached hydrogens (tertiary/aromatic N) is 1. The Hall–Kier alpha value is -2.92. The molecule has 2 aromatic heterocycles. The Bertz CT molecular complexity index is 867. The maximum absolute atomic E-state index is 12.2. The number of ether oxygens (including phenoxy) is 1. The number of fused-ring (bicyclic) bond motifs is 1. The Labute approximate surface area is 133 Å². The van der Waals surface area contributed by atoms with Crippen molar-refractivity contribution in [2.75, 3.05) is 7.11 Å². The predicted molar refractivity (Wildman–Crippen MR) is 88.4 cm³/mol. The average molecular weight is 308 g/mol. The number of methoxy groups -OCH3 is 1. The zero-order chi connectivity index (χ0) is 16.2. The fourth-order valence-electron chi connectivity index (χ4n) is 2.46. The molecule has 5 heteroatoms. The van der Waals surface area contributed by atoms with Crippen molar-refractivity contribution >= 4 is 22.8 Å². The number of ketones is 1. The lowest BCUT2D eigenvalue weighted by atomic mass is 10.1. The van der Waals surface area contributed by atoms with Crippen molar-refractivity contribution in [3.05, 3.63) is 65.6 Å². The van der Waals surface area contributed by atoms with Gasteiger partial charge in [0, 0.05) is 40.1 Å². The third-order valence-corrected chi connectivity index (χ3v) is 3.65. The van der Waals surface area contributed by atoms with Crippen LogP contribution in [0.25, 0.3) is 17.0 Å². The number of carbonyl (C=O) groups excluding carboxylic acids is 1. The van der Waals surface area contributed by atoms with Crippen molar-refractivity contribution in [1.29, 1.82) is 0 Å². The predicted octanol–water partition coefficient (Wildman–Crippen LogP) is 2.96. The van der Waals surface area contributed by atoms with E-state index >= 15 is 0 Å². The van der Waals surface area contributed by atoms with Gasteiger partial charge in [0.25, 0.3) is 0 Å². The van der Waals surface area contributed by atoms with E-state index in [0.717, 1.165) is 22.2 Å². The van der Waals surface area contributed by atoms with Crippen molar-refractivity contribution in [2.45, 2.75) is 6.61 Å². The second-order valence-corrected chi connectivity index (χ2v) is 5.02. The monoisotopic (exact) mass is 308 g/mol. The van der Waals surface area contributed by atoms with Crippen LogP contribution in [0.15, 0.2) is 48.8 Å². The van der Waals surface area contributed by atoms with Crippen LogP contribution in [0.4, 0.5) is 0 Å². The molecule has 0 aliphatic rings. The number of nitrogens with one attached hydrogen (secondary N) is 1. The summed E-state index contributed by atoms with van der Waals surface area (Å²) in [5, 5.41) is 10.4. The van der Waals surface area contributed by atoms with Crippen molar-refractivity contribution in [1.82, 2.24) is 9.97 Å². The van der Waals surface area contributed by atoms with Crippen LogP contribution in [-0.4, -0.2) is 28.0 Å². The first-order valence-electron chi connectivity index (χ1n) is 7.15. The number of allylic oxidation sites excluding steroid dienone is 1. The molecule has 0 saturated heterocycles. The molecule has 2 heterocycles. The minimum absolute atomic E-state index is 0.117. The maximum Gasteiger partial charge on any atom is 0.185 e. The summed E-state index contributed by atoms with van der Waals surface area (Å²) in [6.45, 7) is -0.139. The van der Waals surface area contributed by atoms with E-state index in [0.29, 0.717) is 11.3 Å². The van der Waals surface area contributed by atoms with Gasteiger partial charge in [-0.15, -0.1) is 0 Å². The summed E-state index contributed by atoms with van der Waals surface area (Å²) in [5.74, 6) is 0.602. The molecule has 0 bridgehead atoms. The third kappa shape index (κ3) is 3.00. The smallest absolute Gasteiger partial charge is 0.185 e. The Morgan fingerprint density at radius 2 is 2.09 bits per heavy atom. The van der Waals surface area contributed by atoms with Gasteiger partial charge in [-0.25, -0.2) is 0 Å². The largest absolute Gasteiger partial charge is 0.497 e. The van der Waals surface area contributed by atoms with Gasteiger partial charge in [-0.2, -0.15) is 0 Å². The SMILES string of the molecule is COc1ccc2[nH]c(CO)c(C=CC(=O)c3ccncc3)c2c1. The number of aromatic amines is 1. The van der Waals surface area contributed by atoms with Gasteiger partial charge in [-0.3, -0.25) is 9.78 Å². The molecule has 2 N–H and O–H groups in total. The highest BCUT2D eigenvalue weighted by Gasteiger charge is 2.10. The van der Waals surface area contributed by atoms with Crippen LogP contribution in [0, 0.1) is 0 Å². The zero-order valence-electron chi connectivity index (χ0n) is 12.6. The van der Waals surface area contributed by atoms with E-state index in [9.17, 15) is 9.90 Å². The molecule has 5 nitrogen and oxygen atoms in total. The van der Waals surface area contributed by atoms with Gasteiger partial charge in [0.2, 0.25) is 0 Å². The number of hydrogen-bond acceptors (Lipinski definition) is 4. The number of rotatable bonds is 5. The Morgan fingerprint density at radius 1 is 1.30 bits per heavy atom. The number of hydrogen-bond donors (Lipinski definition) is 2. The molecule has 0 aliphatic heterocycles. The highest BCUT2D eigenvalue weighted by molar-refractivity contribution is 6.08. The van der Waals surface area contributed by atoms with Gasteiger partial charge in [0.15, 0.2) is 5.78 Å². The van der Waals surface area contributed by atoms with Crippen LogP contribution in [0.1, 0.15) is 21.6 Å². The van der Waals surface area contributed by atoms with Gasteiger partial charge in [-0.05, 0) is 42.5 Å². The lowest BCUT2D eigenvalue weighted by Crippen LogP contribution is -1.94. The van der Waals surface area contributed by atoms with Gasteiger partial charge in [0.05, 0.1) is 13.7 Å². The van der Waals surface area contributed by atoms with Crippen molar-refractivity contribution in [2.24, 2.45) is 0 Å². The van der Waals surface area contributed by atoms with E-state index in [-0.39, 0.29) is 12.4 Å². The average Bonchev–Trinajstić information content (AvgIpc) is 2.97. The molecule has 0 fully saturated rings. The molecule has 23 heavy (non-hydrogen) atoms. The molecular formula is C18H16N2O3. The van der Waals surface area contributed by atoms with Crippen LogP contribution < -0.4 is 4.74 Å². The highest BCUT2D eigenvalue weighted by atomic mass is 16.5. The second-order valence-electron chi connectivity index (χ2n) is 5.02. The lowest BCUT2D eigenvalue weighted by molar-refractivity contribution is 0.104. The van der Waals surface area contributed by atoms with E-state index in [4.69, 9.17) is 4.74 Å². The molecule has 0 radical (unpaired) electrons.